The van der Waals surface area contributed by atoms with Crippen molar-refractivity contribution in [3.8, 4) is 0 Å². The van der Waals surface area contributed by atoms with Gasteiger partial charge in [0.1, 0.15) is 0 Å². The molecule has 0 radical (unpaired) electrons. The molecular weight excluding hydrogens is 217 g/mol. The van der Waals surface area contributed by atoms with Crippen LogP contribution in [0, 0.1) is 0 Å². The monoisotopic (exact) mass is 219 g/mol. The molecule has 0 aliphatic carbocycles. The van der Waals surface area contributed by atoms with E-state index in [1.165, 1.54) is 7.85 Å². The van der Waals surface area contributed by atoms with E-state index in [0.29, 0.717) is 9.87 Å². The lowest BCUT2D eigenvalue weighted by Gasteiger charge is -1.90. The minimum absolute atomic E-state index is 0.136. The molecule has 4 nitrogen and oxygen atoms in total. The van der Waals surface area contributed by atoms with Crippen LogP contribution in [0.15, 0.2) is 4.73 Å². The second kappa shape index (κ2) is 3.11. The third kappa shape index (κ3) is 2.07. The highest BCUT2D eigenvalue weighted by atomic mass is 79.9. The van der Waals surface area contributed by atoms with E-state index in [-0.39, 0.29) is 5.81 Å². The summed E-state index contributed by atoms with van der Waals surface area (Å²) in [6, 6.07) is 0. The molecule has 0 atom stereocenters. The van der Waals surface area contributed by atoms with Gasteiger partial charge in [-0.05, 0) is 15.9 Å². The number of hydrogen-bond acceptors (Lipinski definition) is 4. The number of carbonyl (C=O) groups excluding carboxylic acids is 1. The Kier molecular flexibility index (Phi) is 2.39. The smallest absolute Gasteiger partial charge is 0.216 e. The molecule has 1 rings (SSSR count). The summed E-state index contributed by atoms with van der Waals surface area (Å²) in [5.74, 6) is -0.136. The van der Waals surface area contributed by atoms with Crippen LogP contribution in [-0.4, -0.2) is 23.0 Å². The van der Waals surface area contributed by atoms with Gasteiger partial charge in [-0.15, -0.1) is 0 Å². The first-order valence-electron chi connectivity index (χ1n) is 2.45. The maximum atomic E-state index is 10.4. The Bertz CT molecular complexity index is 252. The van der Waals surface area contributed by atoms with Crippen molar-refractivity contribution < 1.29 is 4.79 Å². The Hall–Kier alpha value is -0.425. The quantitative estimate of drug-likeness (QED) is 0.699. The van der Waals surface area contributed by atoms with Gasteiger partial charge in [-0.2, -0.15) is 9.36 Å². The Labute approximate surface area is 70.7 Å². The lowest BCUT2D eigenvalue weighted by Crippen LogP contribution is -2.07. The zero-order valence-electron chi connectivity index (χ0n) is 5.09. The summed E-state index contributed by atoms with van der Waals surface area (Å²) in [6.45, 7) is 0. The molecule has 0 aliphatic heterocycles. The van der Waals surface area contributed by atoms with Crippen LogP contribution in [0.2, 0.25) is 0 Å². The van der Waals surface area contributed by atoms with Crippen molar-refractivity contribution in [1.82, 2.24) is 9.36 Å². The van der Waals surface area contributed by atoms with Gasteiger partial charge in [-0.25, -0.2) is 0 Å². The van der Waals surface area contributed by atoms with Gasteiger partial charge in [-0.3, -0.25) is 4.79 Å². The van der Waals surface area contributed by atoms with Gasteiger partial charge in [0.2, 0.25) is 17.7 Å². The average Bonchev–Trinajstić information content (AvgIpc) is 2.13. The van der Waals surface area contributed by atoms with Crippen molar-refractivity contribution >= 4 is 46.2 Å². The SMILES string of the molecule is BC(=O)Nc1nc(Br)ns1. The molecule has 0 unspecified atom stereocenters. The van der Waals surface area contributed by atoms with Crippen molar-refractivity contribution in [2.75, 3.05) is 5.32 Å². The normalized spacial score (nSPS) is 9.30. The van der Waals surface area contributed by atoms with Crippen LogP contribution in [0.1, 0.15) is 0 Å². The van der Waals surface area contributed by atoms with Crippen LogP contribution in [0.4, 0.5) is 9.93 Å². The molecular formula is C3H3BBrN3OS. The number of rotatable bonds is 1. The van der Waals surface area contributed by atoms with E-state index in [9.17, 15) is 4.79 Å². The van der Waals surface area contributed by atoms with Crippen molar-refractivity contribution in [3.63, 3.8) is 0 Å². The van der Waals surface area contributed by atoms with Crippen LogP contribution in [-0.2, 0) is 0 Å². The molecule has 0 bridgehead atoms. The zero-order valence-corrected chi connectivity index (χ0v) is 7.49. The van der Waals surface area contributed by atoms with Crippen LogP contribution in [0.5, 0.6) is 0 Å². The van der Waals surface area contributed by atoms with Crippen molar-refractivity contribution in [1.29, 1.82) is 0 Å². The predicted molar refractivity (Wildman–Crippen MR) is 45.2 cm³/mol. The van der Waals surface area contributed by atoms with E-state index in [1.807, 2.05) is 0 Å². The summed E-state index contributed by atoms with van der Waals surface area (Å²) >= 11 is 4.20. The van der Waals surface area contributed by atoms with Crippen LogP contribution in [0.25, 0.3) is 0 Å². The lowest BCUT2D eigenvalue weighted by atomic mass is 10.1. The van der Waals surface area contributed by atoms with E-state index < -0.39 is 0 Å². The largest absolute Gasteiger partial charge is 0.310 e. The van der Waals surface area contributed by atoms with E-state index in [2.05, 4.69) is 30.6 Å². The van der Waals surface area contributed by atoms with E-state index in [0.717, 1.165) is 11.5 Å². The van der Waals surface area contributed by atoms with Crippen molar-refractivity contribution in [3.05, 3.63) is 4.73 Å². The molecule has 1 amide bonds. The average molecular weight is 220 g/mol. The van der Waals surface area contributed by atoms with Crippen molar-refractivity contribution in [2.24, 2.45) is 0 Å². The Morgan fingerprint density at radius 2 is 2.50 bits per heavy atom. The molecule has 1 aromatic heterocycles. The molecule has 1 N–H and O–H groups in total. The summed E-state index contributed by atoms with van der Waals surface area (Å²) in [7, 11) is 1.43. The number of hydrogen-bond donors (Lipinski definition) is 1. The summed E-state index contributed by atoms with van der Waals surface area (Å²) in [5, 5.41) is 3.01. The van der Waals surface area contributed by atoms with Crippen LogP contribution >= 0.6 is 27.5 Å². The summed E-state index contributed by atoms with van der Waals surface area (Å²) in [5.41, 5.74) is 0. The fraction of sp³-hybridized carbons (Fsp3) is 0. The number of amides is 1. The zero-order chi connectivity index (χ0) is 7.56. The summed E-state index contributed by atoms with van der Waals surface area (Å²) in [6.07, 6.45) is 0. The van der Waals surface area contributed by atoms with Gasteiger partial charge < -0.3 is 5.32 Å². The molecule has 1 heterocycles. The fourth-order valence-corrected chi connectivity index (χ4v) is 1.44. The first-order chi connectivity index (χ1) is 4.68. The molecule has 0 aromatic carbocycles. The molecule has 7 heteroatoms. The first-order valence-corrected chi connectivity index (χ1v) is 4.02. The van der Waals surface area contributed by atoms with E-state index in [4.69, 9.17) is 0 Å². The van der Waals surface area contributed by atoms with Gasteiger partial charge in [0.05, 0.1) is 0 Å². The van der Waals surface area contributed by atoms with Gasteiger partial charge in [0.15, 0.2) is 5.81 Å². The van der Waals surface area contributed by atoms with Gasteiger partial charge in [0.25, 0.3) is 0 Å². The highest BCUT2D eigenvalue weighted by Gasteiger charge is 2.00. The molecule has 10 heavy (non-hydrogen) atoms. The highest BCUT2D eigenvalue weighted by Crippen LogP contribution is 2.13. The maximum Gasteiger partial charge on any atom is 0.216 e. The summed E-state index contributed by atoms with van der Waals surface area (Å²) < 4.78 is 4.30. The second-order valence-corrected chi connectivity index (χ2v) is 3.01. The minimum atomic E-state index is -0.136. The molecule has 0 saturated heterocycles. The fourth-order valence-electron chi connectivity index (χ4n) is 0.407. The minimum Gasteiger partial charge on any atom is -0.310 e. The number of nitrogens with one attached hydrogen (secondary N) is 1. The molecule has 1 aromatic rings. The first kappa shape index (κ1) is 7.68. The van der Waals surface area contributed by atoms with Crippen LogP contribution < -0.4 is 5.32 Å². The molecule has 0 aliphatic rings. The van der Waals surface area contributed by atoms with E-state index in [1.54, 1.807) is 0 Å². The van der Waals surface area contributed by atoms with Crippen molar-refractivity contribution in [2.45, 2.75) is 0 Å². The molecule has 0 spiro atoms. The molecule has 0 saturated carbocycles. The number of carbonyl (C=O) groups is 1. The maximum absolute atomic E-state index is 10.4. The Morgan fingerprint density at radius 3 is 2.90 bits per heavy atom. The number of aromatic nitrogens is 2. The lowest BCUT2D eigenvalue weighted by molar-refractivity contribution is 0.269. The summed E-state index contributed by atoms with van der Waals surface area (Å²) in [4.78, 5) is 14.3. The highest BCUT2D eigenvalue weighted by molar-refractivity contribution is 9.10. The third-order valence-electron chi connectivity index (χ3n) is 0.684. The standard InChI is InChI=1S/C3H3BBrN3OS/c4-1(9)6-3-7-2(5)8-10-3/h4H2,(H,6,7,8,9). The van der Waals surface area contributed by atoms with E-state index >= 15 is 0 Å². The molecule has 52 valence electrons. The second-order valence-electron chi connectivity index (χ2n) is 1.55. The number of nitrogens with zero attached hydrogens (tertiary/aromatic N) is 2. The number of halogens is 1. The number of anilines is 1. The van der Waals surface area contributed by atoms with Gasteiger partial charge in [0, 0.05) is 11.5 Å². The topological polar surface area (TPSA) is 54.9 Å². The van der Waals surface area contributed by atoms with Gasteiger partial charge >= 0.3 is 0 Å². The van der Waals surface area contributed by atoms with Gasteiger partial charge in [-0.1, -0.05) is 0 Å². The Balaban J connectivity index is 2.67. The van der Waals surface area contributed by atoms with Crippen LogP contribution in [0.3, 0.4) is 0 Å². The predicted octanol–water partition coefficient (Wildman–Crippen LogP) is 0.466. The Morgan fingerprint density at radius 1 is 1.80 bits per heavy atom. The third-order valence-corrected chi connectivity index (χ3v) is 1.90. The molecule has 0 fully saturated rings.